The minimum absolute atomic E-state index is 0.0147. The Hall–Kier alpha value is -4.27. The first-order chi connectivity index (χ1) is 34.9. The van der Waals surface area contributed by atoms with Crippen molar-refractivity contribution >= 4 is 35.6 Å². The Bertz CT molecular complexity index is 2320. The molecule has 0 aromatic heterocycles. The summed E-state index contributed by atoms with van der Waals surface area (Å²) in [4.78, 5) is 45.0. The third-order valence-electron chi connectivity index (χ3n) is 15.3. The van der Waals surface area contributed by atoms with E-state index < -0.39 is 120 Å². The van der Waals surface area contributed by atoms with Gasteiger partial charge in [-0.05, 0) is 117 Å². The number of benzene rings is 3. The molecule has 3 N–H and O–H groups in total. The number of hydrogen-bond acceptors (Lipinski definition) is 17. The Morgan fingerprint density at radius 1 is 0.770 bits per heavy atom. The summed E-state index contributed by atoms with van der Waals surface area (Å²) >= 11 is 1.20. The first-order valence-electron chi connectivity index (χ1n) is 25.9. The lowest BCUT2D eigenvalue weighted by Gasteiger charge is -2.50. The van der Waals surface area contributed by atoms with E-state index in [0.29, 0.717) is 23.3 Å². The molecule has 0 saturated carbocycles. The van der Waals surface area contributed by atoms with Gasteiger partial charge in [-0.3, -0.25) is 4.79 Å². The second-order valence-electron chi connectivity index (χ2n) is 21.5. The van der Waals surface area contributed by atoms with Crippen LogP contribution < -0.4 is 0 Å². The number of ether oxygens (including phenoxy) is 8. The number of hydrogen-bond donors (Lipinski definition) is 3. The summed E-state index contributed by atoms with van der Waals surface area (Å²) in [5.41, 5.74) is -3.79. The van der Waals surface area contributed by atoms with Crippen LogP contribution in [0.15, 0.2) is 100 Å². The van der Waals surface area contributed by atoms with Crippen LogP contribution in [0.1, 0.15) is 116 Å². The van der Waals surface area contributed by atoms with Crippen molar-refractivity contribution in [2.75, 3.05) is 21.2 Å². The molecule has 3 aromatic carbocycles. The summed E-state index contributed by atoms with van der Waals surface area (Å²) in [5, 5.41) is 37.8. The predicted octanol–water partition coefficient (Wildman–Crippen LogP) is 8.09. The fourth-order valence-corrected chi connectivity index (χ4v) is 11.9. The molecule has 3 aliphatic heterocycles. The minimum atomic E-state index is -1.97. The van der Waals surface area contributed by atoms with Crippen LogP contribution in [0.2, 0.25) is 0 Å². The van der Waals surface area contributed by atoms with Crippen molar-refractivity contribution < 1.29 is 67.6 Å². The highest BCUT2D eigenvalue weighted by atomic mass is 32.2. The SMILES string of the molecule is CC[C@H]1OC(=O)[C@H](C)[C@@H](O[C@H]2C[C@@](C)(OC)[C@@H](OC(=O)c3ccccc3)[C@H](C)O2)[C@H](C)[C@@H](O[C@@H]2O[C@H](C)C[C@H](N(C)C)[C@H]2OC(=O)c2ccccc2)[C@@](C)(O)C[C@@H](C)/C(=N/Sc2ccccc2)[C@H](C)[C@@H](O)[C@]1(C)O. The molecule has 16 nitrogen and oxygen atoms in total. The number of aliphatic hydroxyl groups excluding tert-OH is 1. The summed E-state index contributed by atoms with van der Waals surface area (Å²) in [5.74, 6) is -5.35. The molecule has 3 heterocycles. The fraction of sp³-hybridized carbons (Fsp3) is 0.614. The monoisotopic (exact) mass is 1050 g/mol. The predicted molar refractivity (Wildman–Crippen MR) is 280 cm³/mol. The first kappa shape index (κ1) is 59.0. The standard InChI is InChI=1S/C57H80N2O14S/c1-14-43-57(10,65)48(60)35(4)45(58-74-41-28-22-17-23-29-41)33(2)31-55(8,64)49(73-54-47(42(59(11)12)30-34(3)67-54)71-52(62)39-24-18-15-19-25-39)36(5)46(37(6)51(61)69-43)70-44-32-56(9,66-13)50(38(7)68-44)72-53(63)40-26-20-16-21-27-40/h15-29,33-38,42-44,46-50,54,60,64-65H,14,30-32H2,1-13H3/b58-45-/t33-,34-,35+,36+,37-,38+,42+,43-,44+,46+,47-,48-,49-,50+,54+,55+,56-,57-/m1/s1. The average molecular weight is 1050 g/mol. The number of esters is 3. The molecule has 0 aliphatic carbocycles. The highest BCUT2D eigenvalue weighted by Gasteiger charge is 2.55. The lowest BCUT2D eigenvalue weighted by atomic mass is 9.73. The number of carbonyl (C=O) groups is 3. The van der Waals surface area contributed by atoms with E-state index >= 15 is 0 Å². The number of aliphatic hydroxyl groups is 3. The molecule has 0 spiro atoms. The largest absolute Gasteiger partial charge is 0.459 e. The van der Waals surface area contributed by atoms with Crippen molar-refractivity contribution in [2.24, 2.45) is 28.1 Å². The van der Waals surface area contributed by atoms with E-state index in [4.69, 9.17) is 42.3 Å². The molecule has 17 heteroatoms. The van der Waals surface area contributed by atoms with Gasteiger partial charge in [-0.2, -0.15) is 0 Å². The lowest BCUT2D eigenvalue weighted by Crippen LogP contribution is -2.62. The van der Waals surface area contributed by atoms with Crippen LogP contribution in [0.5, 0.6) is 0 Å². The maximum Gasteiger partial charge on any atom is 0.338 e. The quantitative estimate of drug-likeness (QED) is 0.0842. The maximum atomic E-state index is 14.8. The molecule has 3 fully saturated rings. The van der Waals surface area contributed by atoms with E-state index in [2.05, 4.69) is 0 Å². The second kappa shape index (κ2) is 25.3. The Kier molecular flexibility index (Phi) is 20.1. The summed E-state index contributed by atoms with van der Waals surface area (Å²) in [6.45, 7) is 17.4. The topological polar surface area (TPSA) is 201 Å². The molecule has 0 amide bonds. The summed E-state index contributed by atoms with van der Waals surface area (Å²) in [6.07, 6.45) is -9.87. The molecule has 408 valence electrons. The van der Waals surface area contributed by atoms with Gasteiger partial charge in [0.05, 0.1) is 59.2 Å². The average Bonchev–Trinajstić information content (AvgIpc) is 3.37. The molecular weight excluding hydrogens is 969 g/mol. The van der Waals surface area contributed by atoms with Crippen LogP contribution >= 0.6 is 11.9 Å². The second-order valence-corrected chi connectivity index (χ2v) is 22.3. The Morgan fingerprint density at radius 3 is 1.89 bits per heavy atom. The van der Waals surface area contributed by atoms with Gasteiger partial charge < -0.3 is 58.1 Å². The molecule has 74 heavy (non-hydrogen) atoms. The van der Waals surface area contributed by atoms with Crippen molar-refractivity contribution in [2.45, 2.75) is 184 Å². The van der Waals surface area contributed by atoms with Crippen LogP contribution in [-0.2, 0) is 42.7 Å². The lowest BCUT2D eigenvalue weighted by molar-refractivity contribution is -0.317. The van der Waals surface area contributed by atoms with Crippen molar-refractivity contribution in [1.29, 1.82) is 0 Å². The Morgan fingerprint density at radius 2 is 1.34 bits per heavy atom. The third-order valence-corrected chi connectivity index (χ3v) is 16.1. The van der Waals surface area contributed by atoms with E-state index in [1.54, 1.807) is 109 Å². The number of carbonyl (C=O) groups excluding carboxylic acids is 3. The molecule has 3 saturated heterocycles. The van der Waals surface area contributed by atoms with Crippen molar-refractivity contribution in [3.8, 4) is 0 Å². The summed E-state index contributed by atoms with van der Waals surface area (Å²) < 4.78 is 57.2. The van der Waals surface area contributed by atoms with Gasteiger partial charge in [0.1, 0.15) is 17.3 Å². The highest BCUT2D eigenvalue weighted by Crippen LogP contribution is 2.42. The van der Waals surface area contributed by atoms with Crippen LogP contribution in [0.4, 0.5) is 0 Å². The van der Waals surface area contributed by atoms with Gasteiger partial charge in [0.2, 0.25) is 0 Å². The molecule has 6 rings (SSSR count). The number of rotatable bonds is 13. The van der Waals surface area contributed by atoms with E-state index in [0.717, 1.165) is 4.90 Å². The van der Waals surface area contributed by atoms with Crippen molar-refractivity contribution in [3.63, 3.8) is 0 Å². The number of cyclic esters (lactones) is 1. The number of likely N-dealkylation sites (N-methyl/N-ethyl adjacent to an activating group) is 1. The zero-order valence-corrected chi connectivity index (χ0v) is 46.1. The highest BCUT2D eigenvalue weighted by molar-refractivity contribution is 7.98. The fourth-order valence-electron chi connectivity index (χ4n) is 11.0. The van der Waals surface area contributed by atoms with E-state index in [1.165, 1.54) is 26.0 Å². The zero-order valence-electron chi connectivity index (χ0n) is 45.3. The minimum Gasteiger partial charge on any atom is -0.459 e. The Balaban J connectivity index is 1.47. The van der Waals surface area contributed by atoms with Crippen LogP contribution in [-0.4, -0.2) is 149 Å². The van der Waals surface area contributed by atoms with Gasteiger partial charge in [-0.1, -0.05) is 82.3 Å². The van der Waals surface area contributed by atoms with Crippen LogP contribution in [0, 0.1) is 23.7 Å². The van der Waals surface area contributed by atoms with E-state index in [1.807, 2.05) is 63.2 Å². The molecule has 3 aromatic rings. The van der Waals surface area contributed by atoms with E-state index in [-0.39, 0.29) is 25.4 Å². The van der Waals surface area contributed by atoms with Gasteiger partial charge in [-0.15, -0.1) is 0 Å². The Labute approximate surface area is 441 Å². The summed E-state index contributed by atoms with van der Waals surface area (Å²) in [7, 11) is 5.29. The van der Waals surface area contributed by atoms with Crippen LogP contribution in [0.3, 0.4) is 0 Å². The maximum absolute atomic E-state index is 14.8. The smallest absolute Gasteiger partial charge is 0.338 e. The normalized spacial score (nSPS) is 38.1. The van der Waals surface area contributed by atoms with Gasteiger partial charge in [0, 0.05) is 47.9 Å². The van der Waals surface area contributed by atoms with Gasteiger partial charge >= 0.3 is 17.9 Å². The first-order valence-corrected chi connectivity index (χ1v) is 26.7. The molecule has 0 radical (unpaired) electrons. The molecule has 0 unspecified atom stereocenters. The van der Waals surface area contributed by atoms with Gasteiger partial charge in [0.15, 0.2) is 24.8 Å². The van der Waals surface area contributed by atoms with Gasteiger partial charge in [-0.25, -0.2) is 14.0 Å². The van der Waals surface area contributed by atoms with Crippen molar-refractivity contribution in [3.05, 3.63) is 102 Å². The van der Waals surface area contributed by atoms with E-state index in [9.17, 15) is 29.7 Å². The molecule has 18 atom stereocenters. The zero-order chi connectivity index (χ0) is 54.3. The molecule has 3 aliphatic rings. The number of nitrogens with zero attached hydrogens (tertiary/aromatic N) is 2. The van der Waals surface area contributed by atoms with Crippen molar-refractivity contribution in [1.82, 2.24) is 4.90 Å². The third kappa shape index (κ3) is 13.8. The summed E-state index contributed by atoms with van der Waals surface area (Å²) in [6, 6.07) is 26.3. The number of methoxy groups -OCH3 is 1. The van der Waals surface area contributed by atoms with Crippen LogP contribution in [0.25, 0.3) is 0 Å². The van der Waals surface area contributed by atoms with Gasteiger partial charge in [0.25, 0.3) is 0 Å². The molecule has 0 bridgehead atoms. The molecular formula is C57H80N2O14S.